The molecule has 3 aromatic rings. The van der Waals surface area contributed by atoms with E-state index in [1.165, 1.54) is 5.56 Å². The predicted octanol–water partition coefficient (Wildman–Crippen LogP) is 4.94. The third-order valence-electron chi connectivity index (χ3n) is 7.84. The zero-order valence-corrected chi connectivity index (χ0v) is 20.0. The van der Waals surface area contributed by atoms with Gasteiger partial charge in [0, 0.05) is 53.4 Å². The highest BCUT2D eigenvalue weighted by molar-refractivity contribution is 6.24. The minimum absolute atomic E-state index is 0.153. The van der Waals surface area contributed by atoms with Crippen LogP contribution in [0.1, 0.15) is 29.7 Å². The Morgan fingerprint density at radius 1 is 1.24 bits per heavy atom. The smallest absolute Gasteiger partial charge is 0.217 e. The minimum Gasteiger partial charge on any atom is -0.497 e. The van der Waals surface area contributed by atoms with Crippen LogP contribution in [0.25, 0.3) is 10.9 Å². The number of aryl methyl sites for hydroxylation is 1. The lowest BCUT2D eigenvalue weighted by atomic mass is 9.71. The first kappa shape index (κ1) is 22.3. The first-order chi connectivity index (χ1) is 15.9. The van der Waals surface area contributed by atoms with E-state index >= 15 is 0 Å². The highest BCUT2D eigenvalue weighted by Gasteiger charge is 2.59. The molecule has 1 unspecified atom stereocenters. The molecular formula is C27H31ClN3O2+. The van der Waals surface area contributed by atoms with Crippen molar-refractivity contribution in [2.24, 2.45) is 11.8 Å². The van der Waals surface area contributed by atoms with E-state index in [9.17, 15) is 5.11 Å². The summed E-state index contributed by atoms with van der Waals surface area (Å²) in [6.45, 7) is 8.87. The van der Waals surface area contributed by atoms with Crippen molar-refractivity contribution in [2.75, 3.05) is 20.2 Å². The van der Waals surface area contributed by atoms with E-state index in [-0.39, 0.29) is 6.04 Å². The van der Waals surface area contributed by atoms with Crippen molar-refractivity contribution in [3.05, 3.63) is 78.3 Å². The van der Waals surface area contributed by atoms with Crippen LogP contribution in [0.15, 0.2) is 61.4 Å². The molecule has 0 spiro atoms. The quantitative estimate of drug-likeness (QED) is 0.319. The van der Waals surface area contributed by atoms with Gasteiger partial charge in [-0.25, -0.2) is 0 Å². The molecule has 3 aliphatic heterocycles. The lowest BCUT2D eigenvalue weighted by molar-refractivity contribution is -0.986. The Bertz CT molecular complexity index is 1200. The number of piperidine rings is 3. The third kappa shape index (κ3) is 3.82. The summed E-state index contributed by atoms with van der Waals surface area (Å²) in [5, 5.41) is 11.4. The summed E-state index contributed by atoms with van der Waals surface area (Å²) in [7, 11) is 1.64. The molecule has 2 bridgehead atoms. The maximum atomic E-state index is 12.1. The second-order valence-corrected chi connectivity index (χ2v) is 10.3. The molecule has 5 nitrogen and oxygen atoms in total. The van der Waals surface area contributed by atoms with Crippen LogP contribution in [0, 0.1) is 18.8 Å². The fourth-order valence-corrected chi connectivity index (χ4v) is 6.69. The third-order valence-corrected chi connectivity index (χ3v) is 8.30. The molecule has 1 N–H and O–H groups in total. The van der Waals surface area contributed by atoms with Gasteiger partial charge >= 0.3 is 0 Å². The van der Waals surface area contributed by atoms with E-state index in [0.717, 1.165) is 59.3 Å². The average molecular weight is 465 g/mol. The molecule has 3 aliphatic rings. The Morgan fingerprint density at radius 2 is 2.06 bits per heavy atom. The summed E-state index contributed by atoms with van der Waals surface area (Å²) in [5.74, 6) is 1.64. The second kappa shape index (κ2) is 8.39. The molecule has 6 heteroatoms. The van der Waals surface area contributed by atoms with Gasteiger partial charge < -0.3 is 14.3 Å². The predicted molar refractivity (Wildman–Crippen MR) is 131 cm³/mol. The van der Waals surface area contributed by atoms with E-state index in [2.05, 4.69) is 34.8 Å². The largest absolute Gasteiger partial charge is 0.497 e. The zero-order chi connectivity index (χ0) is 23.2. The van der Waals surface area contributed by atoms with Gasteiger partial charge in [0.1, 0.15) is 18.3 Å². The van der Waals surface area contributed by atoms with Crippen molar-refractivity contribution in [2.45, 2.75) is 37.4 Å². The molecule has 3 saturated heterocycles. The normalized spacial score (nSPS) is 28.4. The summed E-state index contributed by atoms with van der Waals surface area (Å²) in [6, 6.07) is 11.7. The topological polar surface area (TPSA) is 55.2 Å². The molecule has 172 valence electrons. The summed E-state index contributed by atoms with van der Waals surface area (Å²) < 4.78 is 6.19. The van der Waals surface area contributed by atoms with Gasteiger partial charge in [-0.15, -0.1) is 6.58 Å². The molecule has 6 rings (SSSR count). The molecule has 0 saturated carbocycles. The van der Waals surface area contributed by atoms with E-state index in [1.807, 2.05) is 37.4 Å². The number of methoxy groups -OCH3 is 1. The number of hydrogen-bond donors (Lipinski definition) is 1. The van der Waals surface area contributed by atoms with Crippen molar-refractivity contribution < 1.29 is 14.3 Å². The van der Waals surface area contributed by atoms with Crippen LogP contribution in [0.3, 0.4) is 0 Å². The lowest BCUT2D eigenvalue weighted by Gasteiger charge is -2.59. The molecule has 2 aromatic heterocycles. The van der Waals surface area contributed by atoms with Crippen LogP contribution in [0.5, 0.6) is 5.75 Å². The Balaban J connectivity index is 1.62. The fourth-order valence-electron chi connectivity index (χ4n) is 6.23. The molecule has 0 radical (unpaired) electrons. The van der Waals surface area contributed by atoms with Crippen LogP contribution in [0.4, 0.5) is 0 Å². The van der Waals surface area contributed by atoms with Crippen molar-refractivity contribution in [3.63, 3.8) is 0 Å². The molecule has 3 fully saturated rings. The number of halogens is 1. The summed E-state index contributed by atoms with van der Waals surface area (Å²) in [4.78, 5) is 8.86. The maximum Gasteiger partial charge on any atom is 0.217 e. The number of nitrogens with zero attached hydrogens (tertiary/aromatic N) is 3. The van der Waals surface area contributed by atoms with Crippen molar-refractivity contribution in [1.82, 2.24) is 9.97 Å². The summed E-state index contributed by atoms with van der Waals surface area (Å²) in [6.07, 6.45) is 7.68. The monoisotopic (exact) mass is 464 g/mol. The minimum atomic E-state index is -1.54. The van der Waals surface area contributed by atoms with Crippen molar-refractivity contribution in [1.29, 1.82) is 0 Å². The van der Waals surface area contributed by atoms with E-state index in [4.69, 9.17) is 16.3 Å². The number of aromatic nitrogens is 2. The number of rotatable bonds is 6. The second-order valence-electron chi connectivity index (χ2n) is 9.70. The van der Waals surface area contributed by atoms with Gasteiger partial charge in [0.25, 0.3) is 0 Å². The Morgan fingerprint density at radius 3 is 2.82 bits per heavy atom. The number of quaternary nitrogens is 1. The summed E-state index contributed by atoms with van der Waals surface area (Å²) in [5.41, 5.74) is 3.72. The van der Waals surface area contributed by atoms with Crippen LogP contribution in [0.2, 0.25) is 0 Å². The Labute approximate surface area is 200 Å². The lowest BCUT2D eigenvalue weighted by Crippen LogP contribution is -2.70. The number of ether oxygens (including phenoxy) is 1. The summed E-state index contributed by atoms with van der Waals surface area (Å²) >= 11 is 7.22. The first-order valence-electron chi connectivity index (χ1n) is 11.6. The van der Waals surface area contributed by atoms with Crippen LogP contribution in [-0.4, -0.2) is 45.8 Å². The van der Waals surface area contributed by atoms with Crippen LogP contribution >= 0.6 is 11.6 Å². The standard InChI is InChI=1S/C27H31ClN3O2/c1-4-20-17-31(16-19-7-10-29-18(2)13-19)12-9-21(20)14-26(31)27(28,32)24-8-11-30-25-6-5-22(33-3)15-23(24)25/h4-8,10-11,13,15,20-21,26,32H,1,9,12,14,16-17H2,2-3H3/q+1/t20-,21-,26-,27-,31?/m0/s1. The van der Waals surface area contributed by atoms with Crippen molar-refractivity contribution >= 4 is 22.5 Å². The van der Waals surface area contributed by atoms with Gasteiger partial charge in [-0.05, 0) is 49.2 Å². The number of fused-ring (bicyclic) bond motifs is 4. The Hall–Kier alpha value is -2.47. The number of aliphatic hydroxyl groups is 1. The van der Waals surface area contributed by atoms with E-state index < -0.39 is 5.06 Å². The molecule has 5 atom stereocenters. The SMILES string of the molecule is C=C[C@H]1C[N+]2(Cc3ccnc(C)c3)CC[C@H]1C[C@H]2[C@](O)(Cl)c1ccnc2ccc(OC)cc12. The average Bonchev–Trinajstić information content (AvgIpc) is 2.83. The maximum absolute atomic E-state index is 12.1. The van der Waals surface area contributed by atoms with Crippen LogP contribution in [-0.2, 0) is 11.6 Å². The fraction of sp³-hybridized carbons (Fsp3) is 0.407. The number of benzene rings is 1. The van der Waals surface area contributed by atoms with Gasteiger partial charge in [0.15, 0.2) is 0 Å². The molecule has 0 aliphatic carbocycles. The van der Waals surface area contributed by atoms with Gasteiger partial charge in [-0.1, -0.05) is 17.7 Å². The van der Waals surface area contributed by atoms with Gasteiger partial charge in [0.05, 0.1) is 25.7 Å². The number of alkyl halides is 1. The highest BCUT2D eigenvalue weighted by atomic mass is 35.5. The Kier molecular flexibility index (Phi) is 5.68. The van der Waals surface area contributed by atoms with Crippen molar-refractivity contribution in [3.8, 4) is 5.75 Å². The molecule has 1 aromatic carbocycles. The van der Waals surface area contributed by atoms with Gasteiger partial charge in [-0.2, -0.15) is 0 Å². The molecule has 0 amide bonds. The van der Waals surface area contributed by atoms with Crippen LogP contribution < -0.4 is 4.74 Å². The number of pyridine rings is 2. The van der Waals surface area contributed by atoms with E-state index in [0.29, 0.717) is 17.4 Å². The molecule has 5 heterocycles. The number of hydrogen-bond acceptors (Lipinski definition) is 4. The van der Waals surface area contributed by atoms with Gasteiger partial charge in [-0.3, -0.25) is 9.97 Å². The molecule has 33 heavy (non-hydrogen) atoms. The first-order valence-corrected chi connectivity index (χ1v) is 12.0. The van der Waals surface area contributed by atoms with Gasteiger partial charge in [0.2, 0.25) is 5.06 Å². The molecular weight excluding hydrogens is 434 g/mol. The highest BCUT2D eigenvalue weighted by Crippen LogP contribution is 2.51. The van der Waals surface area contributed by atoms with E-state index in [1.54, 1.807) is 13.3 Å². The zero-order valence-electron chi connectivity index (χ0n) is 19.2.